The van der Waals surface area contributed by atoms with Crippen molar-refractivity contribution in [1.82, 2.24) is 0 Å². The Kier molecular flexibility index (Phi) is 5.32. The van der Waals surface area contributed by atoms with Crippen molar-refractivity contribution in [3.05, 3.63) is 12.7 Å². The molecule has 1 nitrogen and oxygen atoms in total. The molecule has 0 aromatic rings. The summed E-state index contributed by atoms with van der Waals surface area (Å²) < 4.78 is 0. The van der Waals surface area contributed by atoms with Crippen molar-refractivity contribution in [2.45, 2.75) is 26.7 Å². The SMILES string of the molecule is C=CCCC(CN)C(C)C. The Morgan fingerprint density at radius 1 is 1.50 bits per heavy atom. The summed E-state index contributed by atoms with van der Waals surface area (Å²) in [5.41, 5.74) is 5.58. The van der Waals surface area contributed by atoms with E-state index in [4.69, 9.17) is 5.73 Å². The second-order valence-electron chi connectivity index (χ2n) is 3.11. The summed E-state index contributed by atoms with van der Waals surface area (Å²) in [5.74, 6) is 1.39. The molecule has 0 fully saturated rings. The van der Waals surface area contributed by atoms with Crippen molar-refractivity contribution in [2.75, 3.05) is 6.54 Å². The van der Waals surface area contributed by atoms with E-state index >= 15 is 0 Å². The molecule has 60 valence electrons. The van der Waals surface area contributed by atoms with E-state index in [9.17, 15) is 0 Å². The van der Waals surface area contributed by atoms with Gasteiger partial charge in [0.1, 0.15) is 0 Å². The Bertz CT molecular complexity index is 86.7. The van der Waals surface area contributed by atoms with Crippen LogP contribution in [0, 0.1) is 11.8 Å². The van der Waals surface area contributed by atoms with Gasteiger partial charge in [-0.1, -0.05) is 19.9 Å². The normalized spacial score (nSPS) is 13.6. The maximum absolute atomic E-state index is 5.58. The van der Waals surface area contributed by atoms with E-state index in [1.54, 1.807) is 0 Å². The molecule has 0 radical (unpaired) electrons. The predicted octanol–water partition coefficient (Wildman–Crippen LogP) is 2.18. The highest BCUT2D eigenvalue weighted by atomic mass is 14.5. The van der Waals surface area contributed by atoms with Gasteiger partial charge in [-0.05, 0) is 31.2 Å². The van der Waals surface area contributed by atoms with Crippen LogP contribution in [0.15, 0.2) is 12.7 Å². The molecule has 10 heavy (non-hydrogen) atoms. The summed E-state index contributed by atoms with van der Waals surface area (Å²) in [5, 5.41) is 0. The third kappa shape index (κ3) is 3.67. The molecule has 0 aromatic heterocycles. The molecule has 1 unspecified atom stereocenters. The number of hydrogen-bond donors (Lipinski definition) is 1. The molecule has 0 spiro atoms. The zero-order valence-corrected chi connectivity index (χ0v) is 7.14. The molecular weight excluding hydrogens is 122 g/mol. The van der Waals surface area contributed by atoms with Gasteiger partial charge in [-0.3, -0.25) is 0 Å². The molecule has 1 heteroatoms. The maximum Gasteiger partial charge on any atom is -0.00463 e. The highest BCUT2D eigenvalue weighted by Crippen LogP contribution is 2.15. The smallest absolute Gasteiger partial charge is 0.00463 e. The Hall–Kier alpha value is -0.300. The molecular formula is C9H19N. The van der Waals surface area contributed by atoms with Crippen molar-refractivity contribution >= 4 is 0 Å². The molecule has 0 saturated carbocycles. The van der Waals surface area contributed by atoms with Crippen LogP contribution in [-0.2, 0) is 0 Å². The van der Waals surface area contributed by atoms with Crippen LogP contribution in [-0.4, -0.2) is 6.54 Å². The molecule has 0 saturated heterocycles. The van der Waals surface area contributed by atoms with Crippen LogP contribution >= 0.6 is 0 Å². The average Bonchev–Trinajstić information content (AvgIpc) is 1.89. The molecule has 0 aromatic carbocycles. The fraction of sp³-hybridized carbons (Fsp3) is 0.778. The van der Waals surface area contributed by atoms with E-state index in [-0.39, 0.29) is 0 Å². The van der Waals surface area contributed by atoms with Crippen LogP contribution < -0.4 is 5.73 Å². The minimum Gasteiger partial charge on any atom is -0.330 e. The molecule has 2 N–H and O–H groups in total. The molecule has 0 aliphatic rings. The first-order valence-corrected chi connectivity index (χ1v) is 4.03. The molecule has 0 heterocycles. The lowest BCUT2D eigenvalue weighted by Crippen LogP contribution is -2.19. The molecule has 1 atom stereocenters. The van der Waals surface area contributed by atoms with Gasteiger partial charge in [-0.2, -0.15) is 0 Å². The van der Waals surface area contributed by atoms with Gasteiger partial charge in [0.25, 0.3) is 0 Å². The lowest BCUT2D eigenvalue weighted by Gasteiger charge is -2.17. The Labute approximate surface area is 64.3 Å². The number of rotatable bonds is 5. The van der Waals surface area contributed by atoms with E-state index in [2.05, 4.69) is 20.4 Å². The van der Waals surface area contributed by atoms with E-state index in [1.165, 1.54) is 6.42 Å². The number of hydrogen-bond acceptors (Lipinski definition) is 1. The third-order valence-electron chi connectivity index (χ3n) is 1.99. The molecule has 0 aliphatic carbocycles. The summed E-state index contributed by atoms with van der Waals surface area (Å²) in [6.45, 7) is 8.94. The monoisotopic (exact) mass is 141 g/mol. The highest BCUT2D eigenvalue weighted by molar-refractivity contribution is 4.71. The second kappa shape index (κ2) is 5.48. The van der Waals surface area contributed by atoms with Crippen LogP contribution in [0.25, 0.3) is 0 Å². The molecule has 0 amide bonds. The largest absolute Gasteiger partial charge is 0.330 e. The lowest BCUT2D eigenvalue weighted by molar-refractivity contribution is 0.371. The minimum atomic E-state index is 0.679. The fourth-order valence-electron chi connectivity index (χ4n) is 1.06. The van der Waals surface area contributed by atoms with E-state index in [1.807, 2.05) is 6.08 Å². The van der Waals surface area contributed by atoms with Gasteiger partial charge in [-0.15, -0.1) is 6.58 Å². The van der Waals surface area contributed by atoms with E-state index < -0.39 is 0 Å². The van der Waals surface area contributed by atoms with Gasteiger partial charge in [-0.25, -0.2) is 0 Å². The zero-order valence-electron chi connectivity index (χ0n) is 7.14. The minimum absolute atomic E-state index is 0.679. The van der Waals surface area contributed by atoms with Gasteiger partial charge >= 0.3 is 0 Å². The van der Waals surface area contributed by atoms with Crippen LogP contribution in [0.5, 0.6) is 0 Å². The predicted molar refractivity (Wildman–Crippen MR) is 46.8 cm³/mol. The quantitative estimate of drug-likeness (QED) is 0.583. The first-order chi connectivity index (χ1) is 4.72. The van der Waals surface area contributed by atoms with Crippen LogP contribution in [0.4, 0.5) is 0 Å². The topological polar surface area (TPSA) is 26.0 Å². The van der Waals surface area contributed by atoms with Crippen molar-refractivity contribution in [2.24, 2.45) is 17.6 Å². The van der Waals surface area contributed by atoms with Crippen LogP contribution in [0.1, 0.15) is 26.7 Å². The van der Waals surface area contributed by atoms with Crippen molar-refractivity contribution in [3.63, 3.8) is 0 Å². The van der Waals surface area contributed by atoms with Gasteiger partial charge in [0.05, 0.1) is 0 Å². The first kappa shape index (κ1) is 9.70. The van der Waals surface area contributed by atoms with Gasteiger partial charge in [0.15, 0.2) is 0 Å². The Balaban J connectivity index is 3.49. The van der Waals surface area contributed by atoms with Gasteiger partial charge in [0.2, 0.25) is 0 Å². The summed E-state index contributed by atoms with van der Waals surface area (Å²) in [6, 6.07) is 0. The lowest BCUT2D eigenvalue weighted by atomic mass is 9.91. The molecule has 0 rings (SSSR count). The zero-order chi connectivity index (χ0) is 7.98. The highest BCUT2D eigenvalue weighted by Gasteiger charge is 2.08. The Morgan fingerprint density at radius 2 is 2.10 bits per heavy atom. The standard InChI is InChI=1S/C9H19N/c1-4-5-6-9(7-10)8(2)3/h4,8-9H,1,5-7,10H2,2-3H3. The van der Waals surface area contributed by atoms with Crippen molar-refractivity contribution in [1.29, 1.82) is 0 Å². The third-order valence-corrected chi connectivity index (χ3v) is 1.99. The van der Waals surface area contributed by atoms with Crippen molar-refractivity contribution in [3.8, 4) is 0 Å². The molecule has 0 aliphatic heterocycles. The number of nitrogens with two attached hydrogens (primary N) is 1. The summed E-state index contributed by atoms with van der Waals surface area (Å²) in [4.78, 5) is 0. The maximum atomic E-state index is 5.58. The average molecular weight is 141 g/mol. The van der Waals surface area contributed by atoms with Crippen LogP contribution in [0.3, 0.4) is 0 Å². The molecule has 0 bridgehead atoms. The van der Waals surface area contributed by atoms with Crippen molar-refractivity contribution < 1.29 is 0 Å². The number of allylic oxidation sites excluding steroid dienone is 1. The Morgan fingerprint density at radius 3 is 2.40 bits per heavy atom. The van der Waals surface area contributed by atoms with E-state index in [0.29, 0.717) is 11.8 Å². The van der Waals surface area contributed by atoms with Gasteiger partial charge in [0, 0.05) is 0 Å². The first-order valence-electron chi connectivity index (χ1n) is 4.03. The summed E-state index contributed by atoms with van der Waals surface area (Å²) >= 11 is 0. The van der Waals surface area contributed by atoms with Gasteiger partial charge < -0.3 is 5.73 Å². The second-order valence-corrected chi connectivity index (χ2v) is 3.11. The van der Waals surface area contributed by atoms with Crippen LogP contribution in [0.2, 0.25) is 0 Å². The summed E-state index contributed by atoms with van der Waals surface area (Å²) in [7, 11) is 0. The van der Waals surface area contributed by atoms with E-state index in [0.717, 1.165) is 13.0 Å². The fourth-order valence-corrected chi connectivity index (χ4v) is 1.06. The summed E-state index contributed by atoms with van der Waals surface area (Å²) in [6.07, 6.45) is 4.25.